The number of ether oxygens (including phenoxy) is 3. The average molecular weight is 326 g/mol. The highest BCUT2D eigenvalue weighted by atomic mass is 19.1. The molecule has 1 heterocycles. The molecule has 0 aliphatic heterocycles. The normalized spacial score (nSPS) is 10.6. The average Bonchev–Trinajstić information content (AvgIpc) is 2.86. The van der Waals surface area contributed by atoms with Gasteiger partial charge < -0.3 is 14.2 Å². The van der Waals surface area contributed by atoms with Gasteiger partial charge in [0.05, 0.1) is 12.3 Å². The SMILES string of the molecule is COCCOC(=O)COc1cc(-c2ccc(F)cc2F)n(C)n1. The van der Waals surface area contributed by atoms with Gasteiger partial charge in [-0.3, -0.25) is 4.68 Å². The number of halogens is 2. The molecule has 0 bridgehead atoms. The molecule has 0 aliphatic rings. The van der Waals surface area contributed by atoms with E-state index in [0.717, 1.165) is 12.1 Å². The molecular formula is C15H16F2N2O4. The van der Waals surface area contributed by atoms with Crippen LogP contribution in [0.3, 0.4) is 0 Å². The molecule has 0 amide bonds. The fourth-order valence-corrected chi connectivity index (χ4v) is 1.87. The van der Waals surface area contributed by atoms with Crippen LogP contribution >= 0.6 is 0 Å². The van der Waals surface area contributed by atoms with Crippen LogP contribution < -0.4 is 4.74 Å². The molecular weight excluding hydrogens is 310 g/mol. The summed E-state index contributed by atoms with van der Waals surface area (Å²) in [5.41, 5.74) is 0.573. The summed E-state index contributed by atoms with van der Waals surface area (Å²) in [6.45, 7) is 0.0995. The Hall–Kier alpha value is -2.48. The molecule has 23 heavy (non-hydrogen) atoms. The van der Waals surface area contributed by atoms with Crippen LogP contribution in [0.4, 0.5) is 8.78 Å². The number of esters is 1. The van der Waals surface area contributed by atoms with E-state index in [1.165, 1.54) is 23.9 Å². The van der Waals surface area contributed by atoms with E-state index in [9.17, 15) is 13.6 Å². The number of methoxy groups -OCH3 is 1. The second-order valence-corrected chi connectivity index (χ2v) is 4.62. The Morgan fingerprint density at radius 3 is 2.74 bits per heavy atom. The quantitative estimate of drug-likeness (QED) is 0.575. The van der Waals surface area contributed by atoms with Crippen molar-refractivity contribution in [2.45, 2.75) is 0 Å². The predicted octanol–water partition coefficient (Wildman–Crippen LogP) is 1.93. The second-order valence-electron chi connectivity index (χ2n) is 4.62. The number of nitrogens with zero attached hydrogens (tertiary/aromatic N) is 2. The number of hydrogen-bond acceptors (Lipinski definition) is 5. The van der Waals surface area contributed by atoms with Crippen LogP contribution in [0.15, 0.2) is 24.3 Å². The fraction of sp³-hybridized carbons (Fsp3) is 0.333. The molecule has 0 fully saturated rings. The standard InChI is InChI=1S/C15H16F2N2O4/c1-19-13(11-4-3-10(16)7-12(11)17)8-14(18-19)23-9-15(20)22-6-5-21-2/h3-4,7-8H,5-6,9H2,1-2H3. The van der Waals surface area contributed by atoms with E-state index in [1.807, 2.05) is 0 Å². The highest BCUT2D eigenvalue weighted by molar-refractivity contribution is 5.71. The molecule has 1 aromatic heterocycles. The first kappa shape index (κ1) is 16.9. The molecule has 8 heteroatoms. The molecule has 0 N–H and O–H groups in total. The van der Waals surface area contributed by atoms with E-state index >= 15 is 0 Å². The Kier molecular flexibility index (Phi) is 5.64. The summed E-state index contributed by atoms with van der Waals surface area (Å²) in [5.74, 6) is -1.81. The number of aromatic nitrogens is 2. The van der Waals surface area contributed by atoms with E-state index in [2.05, 4.69) is 5.10 Å². The highest BCUT2D eigenvalue weighted by Gasteiger charge is 2.14. The second kappa shape index (κ2) is 7.68. The van der Waals surface area contributed by atoms with Crippen molar-refractivity contribution in [2.75, 3.05) is 26.9 Å². The Bertz CT molecular complexity index is 688. The smallest absolute Gasteiger partial charge is 0.344 e. The summed E-state index contributed by atoms with van der Waals surface area (Å²) in [6.07, 6.45) is 0. The van der Waals surface area contributed by atoms with Gasteiger partial charge in [-0.2, -0.15) is 0 Å². The molecule has 0 saturated carbocycles. The van der Waals surface area contributed by atoms with E-state index in [-0.39, 0.29) is 24.7 Å². The third-order valence-corrected chi connectivity index (χ3v) is 2.95. The lowest BCUT2D eigenvalue weighted by molar-refractivity contribution is -0.147. The van der Waals surface area contributed by atoms with Crippen molar-refractivity contribution in [3.63, 3.8) is 0 Å². The summed E-state index contributed by atoms with van der Waals surface area (Å²) in [7, 11) is 3.08. The summed E-state index contributed by atoms with van der Waals surface area (Å²) >= 11 is 0. The van der Waals surface area contributed by atoms with E-state index in [1.54, 1.807) is 7.05 Å². The molecule has 6 nitrogen and oxygen atoms in total. The Labute approximate surface area is 131 Å². The van der Waals surface area contributed by atoms with Crippen LogP contribution in [0.1, 0.15) is 0 Å². The van der Waals surface area contributed by atoms with Gasteiger partial charge in [-0.1, -0.05) is 0 Å². The maximum atomic E-state index is 13.8. The minimum absolute atomic E-state index is 0.132. The summed E-state index contributed by atoms with van der Waals surface area (Å²) in [6, 6.07) is 4.71. The predicted molar refractivity (Wildman–Crippen MR) is 76.9 cm³/mol. The molecule has 0 saturated heterocycles. The Morgan fingerprint density at radius 2 is 2.04 bits per heavy atom. The lowest BCUT2D eigenvalue weighted by Crippen LogP contribution is -2.17. The highest BCUT2D eigenvalue weighted by Crippen LogP contribution is 2.26. The maximum absolute atomic E-state index is 13.8. The molecule has 0 spiro atoms. The third kappa shape index (κ3) is 4.49. The van der Waals surface area contributed by atoms with Crippen molar-refractivity contribution in [3.05, 3.63) is 35.9 Å². The minimum atomic E-state index is -0.710. The van der Waals surface area contributed by atoms with Crippen molar-refractivity contribution in [1.29, 1.82) is 0 Å². The third-order valence-electron chi connectivity index (χ3n) is 2.95. The van der Waals surface area contributed by atoms with E-state index in [4.69, 9.17) is 14.2 Å². The fourth-order valence-electron chi connectivity index (χ4n) is 1.87. The number of aryl methyl sites for hydroxylation is 1. The molecule has 2 aromatic rings. The molecule has 0 atom stereocenters. The van der Waals surface area contributed by atoms with Crippen LogP contribution in [0.25, 0.3) is 11.3 Å². The zero-order valence-electron chi connectivity index (χ0n) is 12.7. The van der Waals surface area contributed by atoms with Crippen molar-refractivity contribution < 1.29 is 27.8 Å². The topological polar surface area (TPSA) is 62.6 Å². The van der Waals surface area contributed by atoms with Crippen LogP contribution in [0.2, 0.25) is 0 Å². The van der Waals surface area contributed by atoms with Crippen molar-refractivity contribution in [3.8, 4) is 17.1 Å². The molecule has 2 rings (SSSR count). The summed E-state index contributed by atoms with van der Waals surface area (Å²) in [5, 5.41) is 4.02. The van der Waals surface area contributed by atoms with Crippen LogP contribution in [0.5, 0.6) is 5.88 Å². The molecule has 1 aromatic carbocycles. The van der Waals surface area contributed by atoms with Crippen LogP contribution in [-0.2, 0) is 21.3 Å². The minimum Gasteiger partial charge on any atom is -0.465 e. The van der Waals surface area contributed by atoms with Crippen molar-refractivity contribution >= 4 is 5.97 Å². The first-order valence-corrected chi connectivity index (χ1v) is 6.78. The van der Waals surface area contributed by atoms with Crippen LogP contribution in [0, 0.1) is 11.6 Å². The first-order valence-electron chi connectivity index (χ1n) is 6.78. The number of carbonyl (C=O) groups is 1. The maximum Gasteiger partial charge on any atom is 0.344 e. The zero-order valence-corrected chi connectivity index (χ0v) is 12.7. The van der Waals surface area contributed by atoms with Gasteiger partial charge in [0, 0.05) is 31.9 Å². The van der Waals surface area contributed by atoms with Crippen LogP contribution in [-0.4, -0.2) is 42.7 Å². The van der Waals surface area contributed by atoms with Crippen molar-refractivity contribution in [2.24, 2.45) is 7.05 Å². The van der Waals surface area contributed by atoms with Gasteiger partial charge in [0.25, 0.3) is 0 Å². The van der Waals surface area contributed by atoms with Gasteiger partial charge in [0.15, 0.2) is 6.61 Å². The van der Waals surface area contributed by atoms with Crippen molar-refractivity contribution in [1.82, 2.24) is 9.78 Å². The summed E-state index contributed by atoms with van der Waals surface area (Å²) < 4.78 is 42.9. The van der Waals surface area contributed by atoms with Gasteiger partial charge in [0.2, 0.25) is 5.88 Å². The lowest BCUT2D eigenvalue weighted by Gasteiger charge is -2.04. The molecule has 0 unspecified atom stereocenters. The van der Waals surface area contributed by atoms with Gasteiger partial charge >= 0.3 is 5.97 Å². The number of benzene rings is 1. The van der Waals surface area contributed by atoms with Gasteiger partial charge in [-0.15, -0.1) is 5.10 Å². The Balaban J connectivity index is 2.02. The molecule has 0 aliphatic carbocycles. The van der Waals surface area contributed by atoms with E-state index < -0.39 is 17.6 Å². The zero-order chi connectivity index (χ0) is 16.8. The number of rotatable bonds is 7. The van der Waals surface area contributed by atoms with E-state index in [0.29, 0.717) is 12.3 Å². The first-order chi connectivity index (χ1) is 11.0. The van der Waals surface area contributed by atoms with Gasteiger partial charge in [0.1, 0.15) is 18.2 Å². The van der Waals surface area contributed by atoms with Gasteiger partial charge in [-0.05, 0) is 12.1 Å². The molecule has 124 valence electrons. The van der Waals surface area contributed by atoms with Gasteiger partial charge in [-0.25, -0.2) is 13.6 Å². The lowest BCUT2D eigenvalue weighted by atomic mass is 10.1. The number of hydrogen-bond donors (Lipinski definition) is 0. The molecule has 0 radical (unpaired) electrons. The largest absolute Gasteiger partial charge is 0.465 e. The Morgan fingerprint density at radius 1 is 1.26 bits per heavy atom. The number of carbonyl (C=O) groups excluding carboxylic acids is 1. The monoisotopic (exact) mass is 326 g/mol. The summed E-state index contributed by atoms with van der Waals surface area (Å²) in [4.78, 5) is 11.4.